The molecule has 25 heavy (non-hydrogen) atoms. The summed E-state index contributed by atoms with van der Waals surface area (Å²) >= 11 is 0. The predicted octanol–water partition coefficient (Wildman–Crippen LogP) is 5.05. The predicted molar refractivity (Wildman–Crippen MR) is 97.3 cm³/mol. The zero-order valence-electron chi connectivity index (χ0n) is 14.5. The van der Waals surface area contributed by atoms with Crippen molar-refractivity contribution in [2.75, 3.05) is 0 Å². The molecule has 1 N–H and O–H groups in total. The molecule has 0 aliphatic heterocycles. The van der Waals surface area contributed by atoms with Crippen LogP contribution in [0.3, 0.4) is 0 Å². The van der Waals surface area contributed by atoms with Gasteiger partial charge in [0.1, 0.15) is 23.0 Å². The van der Waals surface area contributed by atoms with Crippen LogP contribution in [0.1, 0.15) is 18.2 Å². The van der Waals surface area contributed by atoms with Crippen molar-refractivity contribution in [2.24, 2.45) is 7.05 Å². The van der Waals surface area contributed by atoms with E-state index < -0.39 is 0 Å². The summed E-state index contributed by atoms with van der Waals surface area (Å²) in [6.07, 6.45) is 0. The Balaban J connectivity index is 1.77. The van der Waals surface area contributed by atoms with Gasteiger partial charge in [-0.05, 0) is 68.0 Å². The van der Waals surface area contributed by atoms with Gasteiger partial charge in [0.2, 0.25) is 5.88 Å². The van der Waals surface area contributed by atoms with Crippen LogP contribution in [0.5, 0.6) is 28.9 Å². The van der Waals surface area contributed by atoms with Crippen molar-refractivity contribution in [1.29, 1.82) is 0 Å². The van der Waals surface area contributed by atoms with Crippen LogP contribution in [0.4, 0.5) is 0 Å². The van der Waals surface area contributed by atoms with E-state index in [4.69, 9.17) is 9.47 Å². The summed E-state index contributed by atoms with van der Waals surface area (Å²) in [7, 11) is 1.84. The molecule has 3 rings (SSSR count). The molecule has 0 radical (unpaired) electrons. The number of phenols is 1. The number of nitrogens with zero attached hydrogens (tertiary/aromatic N) is 2. The van der Waals surface area contributed by atoms with E-state index >= 15 is 0 Å². The molecule has 0 saturated heterocycles. The molecule has 0 atom stereocenters. The summed E-state index contributed by atoms with van der Waals surface area (Å²) in [6.45, 7) is 7.87. The molecule has 0 saturated carbocycles. The lowest BCUT2D eigenvalue weighted by atomic mass is 10.1. The number of hydrogen-bond donors (Lipinski definition) is 1. The van der Waals surface area contributed by atoms with Gasteiger partial charge in [-0.1, -0.05) is 6.58 Å². The van der Waals surface area contributed by atoms with Crippen LogP contribution >= 0.6 is 0 Å². The van der Waals surface area contributed by atoms with E-state index in [0.29, 0.717) is 23.1 Å². The quantitative estimate of drug-likeness (QED) is 0.708. The summed E-state index contributed by atoms with van der Waals surface area (Å²) in [6, 6.07) is 13.9. The Morgan fingerprint density at radius 3 is 1.96 bits per heavy atom. The summed E-state index contributed by atoms with van der Waals surface area (Å²) < 4.78 is 13.4. The van der Waals surface area contributed by atoms with Crippen LogP contribution in [0, 0.1) is 6.92 Å². The molecule has 1 aromatic heterocycles. The van der Waals surface area contributed by atoms with Gasteiger partial charge < -0.3 is 14.6 Å². The highest BCUT2D eigenvalue weighted by Crippen LogP contribution is 2.33. The van der Waals surface area contributed by atoms with Gasteiger partial charge in [0.25, 0.3) is 0 Å². The lowest BCUT2D eigenvalue weighted by Crippen LogP contribution is -1.96. The standard InChI is InChI=1S/C20H20N2O3/c1-13(2)19-14(3)21-22(4)20(19)25-18-11-9-17(10-12-18)24-16-7-5-15(23)6-8-16/h5-12,23H,1H2,2-4H3. The van der Waals surface area contributed by atoms with E-state index in [9.17, 15) is 5.11 Å². The molecule has 0 unspecified atom stereocenters. The number of ether oxygens (including phenoxy) is 2. The van der Waals surface area contributed by atoms with E-state index in [1.165, 1.54) is 0 Å². The largest absolute Gasteiger partial charge is 0.508 e. The van der Waals surface area contributed by atoms with Crippen LogP contribution in [-0.4, -0.2) is 14.9 Å². The van der Waals surface area contributed by atoms with E-state index in [1.54, 1.807) is 28.9 Å². The third-order valence-electron chi connectivity index (χ3n) is 3.71. The second-order valence-corrected chi connectivity index (χ2v) is 5.84. The van der Waals surface area contributed by atoms with Crippen LogP contribution in [0.25, 0.3) is 5.57 Å². The van der Waals surface area contributed by atoms with Gasteiger partial charge in [-0.15, -0.1) is 0 Å². The van der Waals surface area contributed by atoms with Crippen molar-refractivity contribution in [2.45, 2.75) is 13.8 Å². The number of aryl methyl sites for hydroxylation is 2. The van der Waals surface area contributed by atoms with Gasteiger partial charge in [0.05, 0.1) is 11.3 Å². The maximum Gasteiger partial charge on any atom is 0.225 e. The van der Waals surface area contributed by atoms with Crippen molar-refractivity contribution < 1.29 is 14.6 Å². The Hall–Kier alpha value is -3.21. The number of phenolic OH excluding ortho intramolecular Hbond substituents is 1. The number of aromatic hydroxyl groups is 1. The second-order valence-electron chi connectivity index (χ2n) is 5.84. The Kier molecular flexibility index (Phi) is 4.48. The second kappa shape index (κ2) is 6.73. The van der Waals surface area contributed by atoms with Crippen LogP contribution in [0.15, 0.2) is 55.1 Å². The monoisotopic (exact) mass is 336 g/mol. The SMILES string of the molecule is C=C(C)c1c(C)nn(C)c1Oc1ccc(Oc2ccc(O)cc2)cc1. The average Bonchev–Trinajstić information content (AvgIpc) is 2.85. The molecule has 2 aromatic carbocycles. The minimum atomic E-state index is 0.205. The first kappa shape index (κ1) is 16.6. The Morgan fingerprint density at radius 1 is 0.960 bits per heavy atom. The average molecular weight is 336 g/mol. The van der Waals surface area contributed by atoms with Gasteiger partial charge in [0.15, 0.2) is 0 Å². The first-order valence-electron chi connectivity index (χ1n) is 7.88. The summed E-state index contributed by atoms with van der Waals surface area (Å²) in [5, 5.41) is 13.7. The highest BCUT2D eigenvalue weighted by molar-refractivity contribution is 5.68. The summed E-state index contributed by atoms with van der Waals surface area (Å²) in [5.74, 6) is 2.88. The lowest BCUT2D eigenvalue weighted by molar-refractivity contribution is 0.427. The van der Waals surface area contributed by atoms with Crippen molar-refractivity contribution in [3.05, 3.63) is 66.4 Å². The van der Waals surface area contributed by atoms with E-state index in [2.05, 4.69) is 11.7 Å². The lowest BCUT2D eigenvalue weighted by Gasteiger charge is -2.10. The Labute approximate surface area is 146 Å². The number of rotatable bonds is 5. The van der Waals surface area contributed by atoms with Crippen molar-refractivity contribution in [1.82, 2.24) is 9.78 Å². The van der Waals surface area contributed by atoms with Crippen molar-refractivity contribution in [3.8, 4) is 28.9 Å². The molecular weight excluding hydrogens is 316 g/mol. The molecule has 0 amide bonds. The molecule has 1 heterocycles. The third kappa shape index (κ3) is 3.66. The smallest absolute Gasteiger partial charge is 0.225 e. The first-order valence-corrected chi connectivity index (χ1v) is 7.88. The summed E-state index contributed by atoms with van der Waals surface area (Å²) in [4.78, 5) is 0. The minimum absolute atomic E-state index is 0.205. The molecule has 0 bridgehead atoms. The van der Waals surface area contributed by atoms with Crippen LogP contribution < -0.4 is 9.47 Å². The molecule has 0 aliphatic carbocycles. The van der Waals surface area contributed by atoms with Gasteiger partial charge in [-0.25, -0.2) is 4.68 Å². The highest BCUT2D eigenvalue weighted by atomic mass is 16.5. The Bertz CT molecular complexity index is 894. The molecule has 3 aromatic rings. The molecule has 128 valence electrons. The maximum atomic E-state index is 9.30. The fourth-order valence-corrected chi connectivity index (χ4v) is 2.58. The van der Waals surface area contributed by atoms with E-state index in [0.717, 1.165) is 16.8 Å². The highest BCUT2D eigenvalue weighted by Gasteiger charge is 2.16. The number of allylic oxidation sites excluding steroid dienone is 1. The maximum absolute atomic E-state index is 9.30. The molecule has 5 heteroatoms. The number of benzene rings is 2. The normalized spacial score (nSPS) is 10.5. The topological polar surface area (TPSA) is 56.5 Å². The fraction of sp³-hybridized carbons (Fsp3) is 0.150. The van der Waals surface area contributed by atoms with Gasteiger partial charge >= 0.3 is 0 Å². The zero-order valence-corrected chi connectivity index (χ0v) is 14.5. The minimum Gasteiger partial charge on any atom is -0.508 e. The van der Waals surface area contributed by atoms with Gasteiger partial charge in [-0.3, -0.25) is 0 Å². The molecule has 0 fully saturated rings. The molecular formula is C20H20N2O3. The van der Waals surface area contributed by atoms with Gasteiger partial charge in [0, 0.05) is 7.05 Å². The molecule has 0 spiro atoms. The van der Waals surface area contributed by atoms with Crippen molar-refractivity contribution in [3.63, 3.8) is 0 Å². The van der Waals surface area contributed by atoms with E-state index in [-0.39, 0.29) is 5.75 Å². The van der Waals surface area contributed by atoms with E-state index in [1.807, 2.05) is 45.2 Å². The number of aromatic nitrogens is 2. The third-order valence-corrected chi connectivity index (χ3v) is 3.71. The summed E-state index contributed by atoms with van der Waals surface area (Å²) in [5.41, 5.74) is 2.72. The molecule has 5 nitrogen and oxygen atoms in total. The fourth-order valence-electron chi connectivity index (χ4n) is 2.58. The molecule has 0 aliphatic rings. The zero-order chi connectivity index (χ0) is 18.0. The first-order chi connectivity index (χ1) is 11.9. The van der Waals surface area contributed by atoms with Crippen LogP contribution in [-0.2, 0) is 7.05 Å². The van der Waals surface area contributed by atoms with Crippen LogP contribution in [0.2, 0.25) is 0 Å². The number of hydrogen-bond acceptors (Lipinski definition) is 4. The Morgan fingerprint density at radius 2 is 1.44 bits per heavy atom. The van der Waals surface area contributed by atoms with Gasteiger partial charge in [-0.2, -0.15) is 5.10 Å². The van der Waals surface area contributed by atoms with Crippen molar-refractivity contribution >= 4 is 5.57 Å².